The van der Waals surface area contributed by atoms with Crippen molar-refractivity contribution < 1.29 is 18.7 Å². The SMILES string of the molecule is CO[C@H]1CN(C(=O)c2coc(C)n2)CC[C@@]12CCCO2. The lowest BCUT2D eigenvalue weighted by Crippen LogP contribution is -2.57. The Bertz CT molecular complexity index is 493. The van der Waals surface area contributed by atoms with Gasteiger partial charge in [0.1, 0.15) is 12.4 Å². The van der Waals surface area contributed by atoms with Gasteiger partial charge in [0.05, 0.1) is 12.1 Å². The number of hydrogen-bond donors (Lipinski definition) is 0. The van der Waals surface area contributed by atoms with E-state index in [2.05, 4.69) is 4.98 Å². The van der Waals surface area contributed by atoms with E-state index in [9.17, 15) is 4.79 Å². The van der Waals surface area contributed by atoms with Gasteiger partial charge in [0.2, 0.25) is 0 Å². The first kappa shape index (κ1) is 13.6. The van der Waals surface area contributed by atoms with E-state index in [0.29, 0.717) is 24.7 Å². The Morgan fingerprint density at radius 2 is 2.40 bits per heavy atom. The van der Waals surface area contributed by atoms with Gasteiger partial charge in [0.15, 0.2) is 11.6 Å². The number of aromatic nitrogens is 1. The number of nitrogens with zero attached hydrogens (tertiary/aromatic N) is 2. The third-order valence-corrected chi connectivity index (χ3v) is 4.32. The quantitative estimate of drug-likeness (QED) is 0.819. The molecule has 0 aliphatic carbocycles. The standard InChI is InChI=1S/C14H20N2O4/c1-10-15-11(9-19-10)13(17)16-6-5-14(4-3-7-20-14)12(8-16)18-2/h9,12H,3-8H2,1-2H3/t12-,14-/m0/s1. The molecule has 2 fully saturated rings. The summed E-state index contributed by atoms with van der Waals surface area (Å²) in [7, 11) is 1.68. The van der Waals surface area contributed by atoms with Gasteiger partial charge in [-0.25, -0.2) is 4.98 Å². The number of likely N-dealkylation sites (tertiary alicyclic amines) is 1. The van der Waals surface area contributed by atoms with E-state index in [0.717, 1.165) is 25.9 Å². The molecule has 2 atom stereocenters. The first-order valence-electron chi connectivity index (χ1n) is 7.03. The van der Waals surface area contributed by atoms with E-state index in [1.54, 1.807) is 18.9 Å². The van der Waals surface area contributed by atoms with Crippen LogP contribution >= 0.6 is 0 Å². The Morgan fingerprint density at radius 3 is 3.00 bits per heavy atom. The predicted octanol–water partition coefficient (Wildman–Crippen LogP) is 1.39. The molecule has 2 saturated heterocycles. The van der Waals surface area contributed by atoms with Crippen LogP contribution in [-0.2, 0) is 9.47 Å². The maximum Gasteiger partial charge on any atom is 0.275 e. The van der Waals surface area contributed by atoms with Crippen LogP contribution in [0.15, 0.2) is 10.7 Å². The first-order valence-corrected chi connectivity index (χ1v) is 7.03. The topological polar surface area (TPSA) is 64.8 Å². The van der Waals surface area contributed by atoms with E-state index in [1.807, 2.05) is 0 Å². The number of carbonyl (C=O) groups is 1. The molecule has 3 rings (SSSR count). The minimum Gasteiger partial charge on any atom is -0.448 e. The van der Waals surface area contributed by atoms with Gasteiger partial charge >= 0.3 is 0 Å². The van der Waals surface area contributed by atoms with Gasteiger partial charge in [-0.15, -0.1) is 0 Å². The Hall–Kier alpha value is -1.40. The number of ether oxygens (including phenoxy) is 2. The molecule has 1 spiro atoms. The lowest BCUT2D eigenvalue weighted by atomic mass is 9.85. The number of oxazole rings is 1. The molecule has 0 radical (unpaired) electrons. The zero-order valence-electron chi connectivity index (χ0n) is 11.9. The molecule has 1 aromatic rings. The average Bonchev–Trinajstić information content (AvgIpc) is 3.09. The highest BCUT2D eigenvalue weighted by atomic mass is 16.5. The second-order valence-electron chi connectivity index (χ2n) is 5.49. The summed E-state index contributed by atoms with van der Waals surface area (Å²) in [6.07, 6.45) is 4.23. The van der Waals surface area contributed by atoms with Crippen LogP contribution in [0.4, 0.5) is 0 Å². The third-order valence-electron chi connectivity index (χ3n) is 4.32. The zero-order valence-corrected chi connectivity index (χ0v) is 11.9. The molecule has 0 saturated carbocycles. The molecule has 1 aromatic heterocycles. The van der Waals surface area contributed by atoms with Crippen LogP contribution in [0.1, 0.15) is 35.6 Å². The van der Waals surface area contributed by atoms with Crippen molar-refractivity contribution in [2.45, 2.75) is 37.9 Å². The minimum atomic E-state index is -0.203. The van der Waals surface area contributed by atoms with Gasteiger partial charge in [-0.1, -0.05) is 0 Å². The van der Waals surface area contributed by atoms with Crippen molar-refractivity contribution in [2.24, 2.45) is 0 Å². The van der Waals surface area contributed by atoms with Crippen LogP contribution in [0.3, 0.4) is 0 Å². The molecule has 0 N–H and O–H groups in total. The fraction of sp³-hybridized carbons (Fsp3) is 0.714. The van der Waals surface area contributed by atoms with Crippen LogP contribution in [0.25, 0.3) is 0 Å². The normalized spacial score (nSPS) is 30.1. The van der Waals surface area contributed by atoms with E-state index in [4.69, 9.17) is 13.9 Å². The Morgan fingerprint density at radius 1 is 1.55 bits per heavy atom. The molecular weight excluding hydrogens is 260 g/mol. The number of aryl methyl sites for hydroxylation is 1. The number of amides is 1. The molecule has 2 aliphatic heterocycles. The first-order chi connectivity index (χ1) is 9.64. The highest BCUT2D eigenvalue weighted by Gasteiger charge is 2.47. The molecule has 110 valence electrons. The second-order valence-corrected chi connectivity index (χ2v) is 5.49. The van der Waals surface area contributed by atoms with E-state index in [1.165, 1.54) is 6.26 Å². The summed E-state index contributed by atoms with van der Waals surface area (Å²) in [6.45, 7) is 3.73. The highest BCUT2D eigenvalue weighted by Crippen LogP contribution is 2.37. The van der Waals surface area contributed by atoms with Crippen molar-refractivity contribution in [3.63, 3.8) is 0 Å². The maximum atomic E-state index is 12.4. The number of methoxy groups -OCH3 is 1. The molecule has 0 bridgehead atoms. The third kappa shape index (κ3) is 2.23. The van der Waals surface area contributed by atoms with Crippen LogP contribution < -0.4 is 0 Å². The summed E-state index contributed by atoms with van der Waals surface area (Å²) in [5, 5.41) is 0. The molecule has 2 aliphatic rings. The monoisotopic (exact) mass is 280 g/mol. The molecule has 6 heteroatoms. The van der Waals surface area contributed by atoms with Crippen molar-refractivity contribution in [2.75, 3.05) is 26.8 Å². The minimum absolute atomic E-state index is 0.0734. The highest BCUT2D eigenvalue weighted by molar-refractivity contribution is 5.92. The molecule has 0 unspecified atom stereocenters. The maximum absolute atomic E-state index is 12.4. The van der Waals surface area contributed by atoms with Crippen molar-refractivity contribution >= 4 is 5.91 Å². The Kier molecular flexibility index (Phi) is 3.52. The van der Waals surface area contributed by atoms with Crippen LogP contribution in [0, 0.1) is 6.92 Å². The summed E-state index contributed by atoms with van der Waals surface area (Å²) < 4.78 is 16.6. The fourth-order valence-corrected chi connectivity index (χ4v) is 3.21. The molecule has 3 heterocycles. The average molecular weight is 280 g/mol. The van der Waals surface area contributed by atoms with Gasteiger partial charge in [-0.05, 0) is 19.3 Å². The largest absolute Gasteiger partial charge is 0.448 e. The van der Waals surface area contributed by atoms with Crippen LogP contribution in [-0.4, -0.2) is 54.3 Å². The molecule has 0 aromatic carbocycles. The predicted molar refractivity (Wildman–Crippen MR) is 70.5 cm³/mol. The number of hydrogen-bond acceptors (Lipinski definition) is 5. The second kappa shape index (κ2) is 5.18. The van der Waals surface area contributed by atoms with Crippen molar-refractivity contribution in [1.29, 1.82) is 0 Å². The summed E-state index contributed by atoms with van der Waals surface area (Å²) in [4.78, 5) is 18.3. The lowest BCUT2D eigenvalue weighted by molar-refractivity contribution is -0.136. The van der Waals surface area contributed by atoms with Gasteiger partial charge in [-0.3, -0.25) is 4.79 Å². The summed E-state index contributed by atoms with van der Waals surface area (Å²) in [6, 6.07) is 0. The van der Waals surface area contributed by atoms with Gasteiger partial charge < -0.3 is 18.8 Å². The van der Waals surface area contributed by atoms with Gasteiger partial charge in [0.25, 0.3) is 5.91 Å². The van der Waals surface area contributed by atoms with E-state index >= 15 is 0 Å². The fourth-order valence-electron chi connectivity index (χ4n) is 3.21. The zero-order chi connectivity index (χ0) is 14.2. The van der Waals surface area contributed by atoms with Crippen LogP contribution in [0.2, 0.25) is 0 Å². The summed E-state index contributed by atoms with van der Waals surface area (Å²) in [5.41, 5.74) is 0.159. The number of carbonyl (C=O) groups excluding carboxylic acids is 1. The Balaban J connectivity index is 1.73. The van der Waals surface area contributed by atoms with Crippen molar-refractivity contribution in [3.05, 3.63) is 17.8 Å². The summed E-state index contributed by atoms with van der Waals surface area (Å²) >= 11 is 0. The van der Waals surface area contributed by atoms with E-state index in [-0.39, 0.29) is 17.6 Å². The van der Waals surface area contributed by atoms with Crippen LogP contribution in [0.5, 0.6) is 0 Å². The number of rotatable bonds is 2. The molecule has 20 heavy (non-hydrogen) atoms. The van der Waals surface area contributed by atoms with Crippen molar-refractivity contribution in [3.8, 4) is 0 Å². The van der Waals surface area contributed by atoms with Gasteiger partial charge in [-0.2, -0.15) is 0 Å². The molecule has 6 nitrogen and oxygen atoms in total. The van der Waals surface area contributed by atoms with E-state index < -0.39 is 0 Å². The molecule has 1 amide bonds. The number of piperidine rings is 1. The molecular formula is C14H20N2O4. The Labute approximate surface area is 118 Å². The van der Waals surface area contributed by atoms with Gasteiger partial charge in [0, 0.05) is 27.2 Å². The summed E-state index contributed by atoms with van der Waals surface area (Å²) in [5.74, 6) is 0.404. The smallest absolute Gasteiger partial charge is 0.275 e. The van der Waals surface area contributed by atoms with Crippen molar-refractivity contribution in [1.82, 2.24) is 9.88 Å². The lowest BCUT2D eigenvalue weighted by Gasteiger charge is -2.44.